The number of hydrogen-bond acceptors (Lipinski definition) is 3. The molecular formula is C14H22N2S. The van der Waals surface area contributed by atoms with Gasteiger partial charge in [-0.15, -0.1) is 11.3 Å². The second kappa shape index (κ2) is 4.71. The second-order valence-corrected chi connectivity index (χ2v) is 6.82. The van der Waals surface area contributed by atoms with Crippen molar-refractivity contribution >= 4 is 11.3 Å². The largest absolute Gasteiger partial charge is 0.316 e. The van der Waals surface area contributed by atoms with E-state index in [0.29, 0.717) is 12.0 Å². The number of nitrogens with one attached hydrogen (secondary N) is 1. The molecule has 2 saturated heterocycles. The maximum atomic E-state index is 3.52. The lowest BCUT2D eigenvalue weighted by Crippen LogP contribution is -2.32. The van der Waals surface area contributed by atoms with Crippen LogP contribution in [-0.4, -0.2) is 31.1 Å². The van der Waals surface area contributed by atoms with Crippen LogP contribution in [0, 0.1) is 17.8 Å². The highest BCUT2D eigenvalue weighted by Crippen LogP contribution is 2.38. The molecule has 94 valence electrons. The average molecular weight is 250 g/mol. The van der Waals surface area contributed by atoms with Gasteiger partial charge in [0.25, 0.3) is 0 Å². The topological polar surface area (TPSA) is 15.3 Å². The molecule has 0 amide bonds. The van der Waals surface area contributed by atoms with Crippen molar-refractivity contribution in [2.24, 2.45) is 17.8 Å². The molecule has 2 aliphatic heterocycles. The molecule has 1 aromatic rings. The van der Waals surface area contributed by atoms with Gasteiger partial charge in [-0.05, 0) is 42.3 Å². The van der Waals surface area contributed by atoms with E-state index in [1.54, 1.807) is 4.88 Å². The first-order valence-corrected chi connectivity index (χ1v) is 7.62. The van der Waals surface area contributed by atoms with Gasteiger partial charge in [0.1, 0.15) is 0 Å². The van der Waals surface area contributed by atoms with Gasteiger partial charge in [-0.3, -0.25) is 4.90 Å². The van der Waals surface area contributed by atoms with Gasteiger partial charge < -0.3 is 5.32 Å². The van der Waals surface area contributed by atoms with E-state index in [1.165, 1.54) is 26.2 Å². The molecule has 3 atom stereocenters. The summed E-state index contributed by atoms with van der Waals surface area (Å²) in [5.74, 6) is 2.51. The SMILES string of the molecule is CC(C)C(c1cccs1)N1CC2CNCC2C1. The summed E-state index contributed by atoms with van der Waals surface area (Å²) in [5, 5.41) is 5.74. The molecule has 3 heteroatoms. The van der Waals surface area contributed by atoms with E-state index >= 15 is 0 Å². The third-order valence-corrected chi connectivity index (χ3v) is 5.22. The molecule has 0 saturated carbocycles. The second-order valence-electron chi connectivity index (χ2n) is 5.84. The lowest BCUT2D eigenvalue weighted by Gasteiger charge is -2.31. The quantitative estimate of drug-likeness (QED) is 0.887. The number of rotatable bonds is 3. The third kappa shape index (κ3) is 2.16. The summed E-state index contributed by atoms with van der Waals surface area (Å²) >= 11 is 1.92. The van der Waals surface area contributed by atoms with Gasteiger partial charge in [-0.1, -0.05) is 19.9 Å². The van der Waals surface area contributed by atoms with Crippen LogP contribution >= 0.6 is 11.3 Å². The predicted molar refractivity (Wildman–Crippen MR) is 73.3 cm³/mol. The van der Waals surface area contributed by atoms with Gasteiger partial charge in [-0.25, -0.2) is 0 Å². The van der Waals surface area contributed by atoms with Gasteiger partial charge in [0.05, 0.1) is 0 Å². The molecule has 17 heavy (non-hydrogen) atoms. The minimum atomic E-state index is 0.639. The van der Waals surface area contributed by atoms with E-state index in [-0.39, 0.29) is 0 Å². The summed E-state index contributed by atoms with van der Waals surface area (Å²) in [5.41, 5.74) is 0. The van der Waals surface area contributed by atoms with Crippen LogP contribution in [0.1, 0.15) is 24.8 Å². The highest BCUT2D eigenvalue weighted by atomic mass is 32.1. The van der Waals surface area contributed by atoms with Crippen LogP contribution in [0.2, 0.25) is 0 Å². The predicted octanol–water partition coefficient (Wildman–Crippen LogP) is 2.60. The highest BCUT2D eigenvalue weighted by Gasteiger charge is 2.39. The smallest absolute Gasteiger partial charge is 0.0464 e. The zero-order valence-corrected chi connectivity index (χ0v) is 11.5. The Hall–Kier alpha value is -0.380. The molecule has 3 heterocycles. The number of thiophene rings is 1. The van der Waals surface area contributed by atoms with E-state index in [1.807, 2.05) is 11.3 Å². The van der Waals surface area contributed by atoms with Gasteiger partial charge in [0, 0.05) is 24.0 Å². The first kappa shape index (κ1) is 11.7. The van der Waals surface area contributed by atoms with Gasteiger partial charge in [0.2, 0.25) is 0 Å². The molecule has 0 spiro atoms. The zero-order chi connectivity index (χ0) is 11.8. The van der Waals surface area contributed by atoms with Gasteiger partial charge >= 0.3 is 0 Å². The Morgan fingerprint density at radius 2 is 2.00 bits per heavy atom. The molecular weight excluding hydrogens is 228 g/mol. The standard InChI is InChI=1S/C14H22N2S/c1-10(2)14(13-4-3-5-17-13)16-8-11-6-15-7-12(11)9-16/h3-5,10-12,14-15H,6-9H2,1-2H3. The number of fused-ring (bicyclic) bond motifs is 1. The number of hydrogen-bond donors (Lipinski definition) is 1. The Kier molecular flexibility index (Phi) is 3.24. The van der Waals surface area contributed by atoms with Crippen molar-refractivity contribution in [1.82, 2.24) is 10.2 Å². The summed E-state index contributed by atoms with van der Waals surface area (Å²) in [7, 11) is 0. The molecule has 0 aromatic carbocycles. The Balaban J connectivity index is 1.77. The van der Waals surface area contributed by atoms with E-state index in [0.717, 1.165) is 11.8 Å². The molecule has 3 unspecified atom stereocenters. The molecule has 0 bridgehead atoms. The molecule has 0 radical (unpaired) electrons. The minimum absolute atomic E-state index is 0.639. The van der Waals surface area contributed by atoms with Gasteiger partial charge in [-0.2, -0.15) is 0 Å². The lowest BCUT2D eigenvalue weighted by atomic mass is 10.0. The molecule has 0 aliphatic carbocycles. The first-order valence-electron chi connectivity index (χ1n) is 6.74. The lowest BCUT2D eigenvalue weighted by molar-refractivity contribution is 0.183. The summed E-state index contributed by atoms with van der Waals surface area (Å²) in [6.07, 6.45) is 0. The molecule has 1 N–H and O–H groups in total. The highest BCUT2D eigenvalue weighted by molar-refractivity contribution is 7.10. The molecule has 2 aliphatic rings. The fourth-order valence-electron chi connectivity index (χ4n) is 3.51. The van der Waals surface area contributed by atoms with Crippen LogP contribution in [0.4, 0.5) is 0 Å². The van der Waals surface area contributed by atoms with E-state index < -0.39 is 0 Å². The monoisotopic (exact) mass is 250 g/mol. The number of likely N-dealkylation sites (tertiary alicyclic amines) is 1. The maximum Gasteiger partial charge on any atom is 0.0464 e. The minimum Gasteiger partial charge on any atom is -0.316 e. The summed E-state index contributed by atoms with van der Waals surface area (Å²) in [6.45, 7) is 9.76. The van der Waals surface area contributed by atoms with Crippen molar-refractivity contribution in [1.29, 1.82) is 0 Å². The van der Waals surface area contributed by atoms with Crippen LogP contribution in [0.3, 0.4) is 0 Å². The van der Waals surface area contributed by atoms with Crippen LogP contribution in [0.5, 0.6) is 0 Å². The maximum absolute atomic E-state index is 3.52. The van der Waals surface area contributed by atoms with Crippen LogP contribution in [0.25, 0.3) is 0 Å². The molecule has 1 aromatic heterocycles. The Labute approximate surface area is 108 Å². The normalized spacial score (nSPS) is 31.0. The zero-order valence-electron chi connectivity index (χ0n) is 10.7. The van der Waals surface area contributed by atoms with Crippen LogP contribution in [0.15, 0.2) is 17.5 Å². The Morgan fingerprint density at radius 3 is 2.53 bits per heavy atom. The van der Waals surface area contributed by atoms with E-state index in [2.05, 4.69) is 41.6 Å². The van der Waals surface area contributed by atoms with Crippen LogP contribution < -0.4 is 5.32 Å². The van der Waals surface area contributed by atoms with Crippen molar-refractivity contribution < 1.29 is 0 Å². The average Bonchev–Trinajstić information content (AvgIpc) is 2.91. The van der Waals surface area contributed by atoms with Crippen molar-refractivity contribution in [2.75, 3.05) is 26.2 Å². The van der Waals surface area contributed by atoms with Crippen molar-refractivity contribution in [2.45, 2.75) is 19.9 Å². The molecule has 3 rings (SSSR count). The van der Waals surface area contributed by atoms with E-state index in [4.69, 9.17) is 0 Å². The van der Waals surface area contributed by atoms with Crippen molar-refractivity contribution in [3.8, 4) is 0 Å². The summed E-state index contributed by atoms with van der Waals surface area (Å²) in [4.78, 5) is 4.28. The fraction of sp³-hybridized carbons (Fsp3) is 0.714. The molecule has 2 nitrogen and oxygen atoms in total. The van der Waals surface area contributed by atoms with Crippen LogP contribution in [-0.2, 0) is 0 Å². The summed E-state index contributed by atoms with van der Waals surface area (Å²) < 4.78 is 0. The Morgan fingerprint density at radius 1 is 1.29 bits per heavy atom. The summed E-state index contributed by atoms with van der Waals surface area (Å²) in [6, 6.07) is 5.13. The van der Waals surface area contributed by atoms with Crippen molar-refractivity contribution in [3.05, 3.63) is 22.4 Å². The fourth-order valence-corrected chi connectivity index (χ4v) is 4.54. The van der Waals surface area contributed by atoms with Gasteiger partial charge in [0.15, 0.2) is 0 Å². The Bertz CT molecular complexity index is 348. The van der Waals surface area contributed by atoms with E-state index in [9.17, 15) is 0 Å². The molecule has 2 fully saturated rings. The van der Waals surface area contributed by atoms with Crippen molar-refractivity contribution in [3.63, 3.8) is 0 Å². The number of nitrogens with zero attached hydrogens (tertiary/aromatic N) is 1. The third-order valence-electron chi connectivity index (χ3n) is 4.28. The first-order chi connectivity index (χ1) is 8.25.